The van der Waals surface area contributed by atoms with Crippen LogP contribution in [-0.4, -0.2) is 39.1 Å². The highest BCUT2D eigenvalue weighted by atomic mass is 16.6. The zero-order chi connectivity index (χ0) is 13.1. The largest absolute Gasteiger partial charge is 0.465 e. The summed E-state index contributed by atoms with van der Waals surface area (Å²) in [5.74, 6) is 0. The van der Waals surface area contributed by atoms with Crippen LogP contribution in [0.5, 0.6) is 0 Å². The maximum atomic E-state index is 10.7. The molecule has 7 heteroatoms. The Morgan fingerprint density at radius 3 is 2.72 bits per heavy atom. The maximum Gasteiger partial charge on any atom is 0.407 e. The quantitative estimate of drug-likeness (QED) is 0.636. The van der Waals surface area contributed by atoms with Crippen molar-refractivity contribution < 1.29 is 14.8 Å². The molecule has 2 rings (SSSR count). The van der Waals surface area contributed by atoms with Gasteiger partial charge in [0.05, 0.1) is 10.6 Å². The van der Waals surface area contributed by atoms with Gasteiger partial charge in [-0.3, -0.25) is 10.1 Å². The topological polar surface area (TPSA) is 96.6 Å². The first-order valence-corrected chi connectivity index (χ1v) is 5.35. The number of amides is 1. The Morgan fingerprint density at radius 1 is 1.50 bits per heavy atom. The molecule has 0 unspecified atom stereocenters. The number of nitrogens with zero attached hydrogens (tertiary/aromatic N) is 3. The van der Waals surface area contributed by atoms with E-state index in [1.807, 2.05) is 0 Å². The molecule has 0 fully saturated rings. The maximum absolute atomic E-state index is 10.7. The number of pyridine rings is 1. The van der Waals surface area contributed by atoms with Crippen molar-refractivity contribution in [2.45, 2.75) is 6.42 Å². The van der Waals surface area contributed by atoms with Crippen LogP contribution in [0.25, 0.3) is 5.57 Å². The highest BCUT2D eigenvalue weighted by Gasteiger charge is 2.17. The van der Waals surface area contributed by atoms with Gasteiger partial charge in [-0.1, -0.05) is 6.08 Å². The molecule has 2 heterocycles. The molecule has 0 spiro atoms. The number of hydrogen-bond acceptors (Lipinski definition) is 4. The van der Waals surface area contributed by atoms with E-state index in [9.17, 15) is 14.9 Å². The second kappa shape index (κ2) is 4.82. The molecule has 1 aliphatic rings. The van der Waals surface area contributed by atoms with Crippen molar-refractivity contribution >= 4 is 17.4 Å². The van der Waals surface area contributed by atoms with E-state index in [1.54, 1.807) is 12.1 Å². The fourth-order valence-corrected chi connectivity index (χ4v) is 1.76. The van der Waals surface area contributed by atoms with Gasteiger partial charge in [0.25, 0.3) is 5.69 Å². The highest BCUT2D eigenvalue weighted by molar-refractivity contribution is 5.70. The van der Waals surface area contributed by atoms with E-state index >= 15 is 0 Å². The molecule has 1 amide bonds. The van der Waals surface area contributed by atoms with Crippen molar-refractivity contribution in [1.82, 2.24) is 9.88 Å². The summed E-state index contributed by atoms with van der Waals surface area (Å²) in [6.45, 7) is 0.739. The lowest BCUT2D eigenvalue weighted by atomic mass is 10.0. The summed E-state index contributed by atoms with van der Waals surface area (Å²) < 4.78 is 0. The van der Waals surface area contributed by atoms with Gasteiger partial charge in [0, 0.05) is 19.2 Å². The summed E-state index contributed by atoms with van der Waals surface area (Å²) in [5.41, 5.74) is 1.52. The minimum absolute atomic E-state index is 0.0534. The van der Waals surface area contributed by atoms with E-state index in [0.717, 1.165) is 5.57 Å². The molecule has 0 saturated heterocycles. The lowest BCUT2D eigenvalue weighted by molar-refractivity contribution is -0.385. The summed E-state index contributed by atoms with van der Waals surface area (Å²) in [6.07, 6.45) is 2.62. The van der Waals surface area contributed by atoms with Gasteiger partial charge in [0.1, 0.15) is 6.20 Å². The molecule has 1 N–H and O–H groups in total. The minimum Gasteiger partial charge on any atom is -0.465 e. The third-order valence-corrected chi connectivity index (χ3v) is 2.77. The predicted molar refractivity (Wildman–Crippen MR) is 63.1 cm³/mol. The fourth-order valence-electron chi connectivity index (χ4n) is 1.76. The highest BCUT2D eigenvalue weighted by Crippen LogP contribution is 2.22. The van der Waals surface area contributed by atoms with Crippen LogP contribution in [0.15, 0.2) is 24.4 Å². The number of carbonyl (C=O) groups is 1. The summed E-state index contributed by atoms with van der Waals surface area (Å²) >= 11 is 0. The first-order chi connectivity index (χ1) is 8.58. The molecule has 0 saturated carbocycles. The predicted octanol–water partition coefficient (Wildman–Crippen LogP) is 1.76. The number of carboxylic acid groups (broad SMARTS) is 1. The summed E-state index contributed by atoms with van der Waals surface area (Å²) in [5, 5.41) is 19.3. The lowest BCUT2D eigenvalue weighted by Crippen LogP contribution is -2.33. The van der Waals surface area contributed by atoms with Gasteiger partial charge in [-0.15, -0.1) is 0 Å². The van der Waals surface area contributed by atoms with Crippen molar-refractivity contribution in [1.29, 1.82) is 0 Å². The Morgan fingerprint density at radius 2 is 2.28 bits per heavy atom. The monoisotopic (exact) mass is 249 g/mol. The second-order valence-electron chi connectivity index (χ2n) is 3.87. The van der Waals surface area contributed by atoms with Crippen LogP contribution in [0, 0.1) is 10.1 Å². The van der Waals surface area contributed by atoms with Gasteiger partial charge in [0.2, 0.25) is 0 Å². The normalized spacial score (nSPS) is 15.1. The Labute approximate surface area is 103 Å². The van der Waals surface area contributed by atoms with Gasteiger partial charge in [-0.05, 0) is 18.1 Å². The Balaban J connectivity index is 2.13. The molecule has 0 atom stereocenters. The van der Waals surface area contributed by atoms with Crippen LogP contribution in [0.3, 0.4) is 0 Å². The van der Waals surface area contributed by atoms with Gasteiger partial charge in [0.15, 0.2) is 0 Å². The van der Waals surface area contributed by atoms with Crippen molar-refractivity contribution in [3.8, 4) is 0 Å². The molecular weight excluding hydrogens is 238 g/mol. The lowest BCUT2D eigenvalue weighted by Gasteiger charge is -2.23. The smallest absolute Gasteiger partial charge is 0.407 e. The summed E-state index contributed by atoms with van der Waals surface area (Å²) in [4.78, 5) is 26.0. The summed E-state index contributed by atoms with van der Waals surface area (Å²) in [6, 6.07) is 2.98. The third kappa shape index (κ3) is 2.45. The first-order valence-electron chi connectivity index (χ1n) is 5.35. The van der Waals surface area contributed by atoms with Crippen LogP contribution in [0.4, 0.5) is 10.5 Å². The molecule has 1 aliphatic heterocycles. The van der Waals surface area contributed by atoms with Crippen LogP contribution in [0.2, 0.25) is 0 Å². The Bertz CT molecular complexity index is 510. The zero-order valence-corrected chi connectivity index (χ0v) is 9.44. The van der Waals surface area contributed by atoms with Gasteiger partial charge in [-0.25, -0.2) is 9.78 Å². The summed E-state index contributed by atoms with van der Waals surface area (Å²) in [7, 11) is 0. The molecule has 1 aromatic rings. The van der Waals surface area contributed by atoms with E-state index in [0.29, 0.717) is 25.2 Å². The SMILES string of the molecule is O=C(O)N1CC=C(c2ccc([N+](=O)[O-])cn2)CC1. The molecule has 0 aliphatic carbocycles. The van der Waals surface area contributed by atoms with E-state index in [4.69, 9.17) is 5.11 Å². The zero-order valence-electron chi connectivity index (χ0n) is 9.44. The van der Waals surface area contributed by atoms with E-state index < -0.39 is 11.0 Å². The molecule has 0 bridgehead atoms. The molecular formula is C11H11N3O4. The number of rotatable bonds is 2. The number of aromatic nitrogens is 1. The van der Waals surface area contributed by atoms with Crippen LogP contribution in [0.1, 0.15) is 12.1 Å². The molecule has 1 aromatic heterocycles. The fraction of sp³-hybridized carbons (Fsp3) is 0.273. The number of nitro groups is 1. The van der Waals surface area contributed by atoms with Gasteiger partial charge >= 0.3 is 6.09 Å². The van der Waals surface area contributed by atoms with Crippen molar-refractivity contribution in [2.24, 2.45) is 0 Å². The average Bonchev–Trinajstić information content (AvgIpc) is 2.39. The van der Waals surface area contributed by atoms with E-state index in [1.165, 1.54) is 17.2 Å². The van der Waals surface area contributed by atoms with Crippen molar-refractivity contribution in [3.05, 3.63) is 40.2 Å². The second-order valence-corrected chi connectivity index (χ2v) is 3.87. The average molecular weight is 249 g/mol. The molecule has 0 radical (unpaired) electrons. The third-order valence-electron chi connectivity index (χ3n) is 2.77. The molecule has 18 heavy (non-hydrogen) atoms. The Kier molecular flexibility index (Phi) is 3.22. The van der Waals surface area contributed by atoms with Crippen molar-refractivity contribution in [2.75, 3.05) is 13.1 Å². The van der Waals surface area contributed by atoms with Gasteiger partial charge in [-0.2, -0.15) is 0 Å². The number of hydrogen-bond donors (Lipinski definition) is 1. The first kappa shape index (κ1) is 12.0. The van der Waals surface area contributed by atoms with Crippen LogP contribution in [-0.2, 0) is 0 Å². The standard InChI is InChI=1S/C11H11N3O4/c15-11(16)13-5-3-8(4-6-13)10-2-1-9(7-12-10)14(17)18/h1-3,7H,4-6H2,(H,15,16). The minimum atomic E-state index is -0.943. The molecule has 94 valence electrons. The molecule has 0 aromatic carbocycles. The van der Waals surface area contributed by atoms with Crippen molar-refractivity contribution in [3.63, 3.8) is 0 Å². The van der Waals surface area contributed by atoms with Crippen LogP contribution < -0.4 is 0 Å². The van der Waals surface area contributed by atoms with Crippen LogP contribution >= 0.6 is 0 Å². The van der Waals surface area contributed by atoms with E-state index in [-0.39, 0.29) is 5.69 Å². The van der Waals surface area contributed by atoms with Gasteiger partial charge < -0.3 is 10.0 Å². The Hall–Kier alpha value is -2.44. The molecule has 7 nitrogen and oxygen atoms in total. The van der Waals surface area contributed by atoms with E-state index in [2.05, 4.69) is 4.98 Å².